The van der Waals surface area contributed by atoms with Gasteiger partial charge >= 0.3 is 0 Å². The molecule has 1 aliphatic rings. The molecule has 1 aliphatic heterocycles. The van der Waals surface area contributed by atoms with Gasteiger partial charge in [0.15, 0.2) is 0 Å². The molecule has 1 unspecified atom stereocenters. The monoisotopic (exact) mass is 336 g/mol. The van der Waals surface area contributed by atoms with Crippen LogP contribution in [0, 0.1) is 0 Å². The van der Waals surface area contributed by atoms with E-state index in [9.17, 15) is 0 Å². The van der Waals surface area contributed by atoms with E-state index in [0.29, 0.717) is 21.8 Å². The molecule has 4 heterocycles. The molecule has 0 amide bonds. The topological polar surface area (TPSA) is 82.5 Å². The fraction of sp³-hybridized carbons (Fsp3) is 0.308. The Kier molecular flexibility index (Phi) is 3.31. The molecule has 0 aliphatic carbocycles. The maximum absolute atomic E-state index is 6.11. The Morgan fingerprint density at radius 1 is 1.18 bits per heavy atom. The zero-order valence-electron chi connectivity index (χ0n) is 11.3. The molecular formula is C13H10Cl2N6O. The second-order valence-electron chi connectivity index (χ2n) is 5.04. The van der Waals surface area contributed by atoms with Gasteiger partial charge in [-0.25, -0.2) is 4.98 Å². The van der Waals surface area contributed by atoms with Crippen LogP contribution in [0.5, 0.6) is 0 Å². The summed E-state index contributed by atoms with van der Waals surface area (Å²) in [5, 5.41) is 16.9. The van der Waals surface area contributed by atoms with Crippen molar-refractivity contribution in [2.45, 2.75) is 25.3 Å². The molecule has 0 bridgehead atoms. The van der Waals surface area contributed by atoms with Crippen LogP contribution in [0.3, 0.4) is 0 Å². The molecule has 1 atom stereocenters. The molecule has 9 heteroatoms. The van der Waals surface area contributed by atoms with Gasteiger partial charge in [0.25, 0.3) is 5.89 Å². The number of rotatable bonds is 2. The summed E-state index contributed by atoms with van der Waals surface area (Å²) in [6.45, 7) is 0.723. The van der Waals surface area contributed by atoms with Crippen molar-refractivity contribution in [1.82, 2.24) is 29.9 Å². The van der Waals surface area contributed by atoms with Crippen LogP contribution in [0.2, 0.25) is 10.2 Å². The van der Waals surface area contributed by atoms with Crippen molar-refractivity contribution < 1.29 is 4.42 Å². The van der Waals surface area contributed by atoms with Crippen molar-refractivity contribution in [2.24, 2.45) is 0 Å². The third-order valence-electron chi connectivity index (χ3n) is 3.63. The summed E-state index contributed by atoms with van der Waals surface area (Å²) in [4.78, 5) is 4.14. The first-order valence-electron chi connectivity index (χ1n) is 6.73. The van der Waals surface area contributed by atoms with Crippen LogP contribution in [-0.4, -0.2) is 29.9 Å². The molecule has 0 saturated carbocycles. The lowest BCUT2D eigenvalue weighted by Gasteiger charge is -2.19. The number of aromatic nitrogens is 6. The Bertz CT molecular complexity index is 830. The average molecular weight is 337 g/mol. The summed E-state index contributed by atoms with van der Waals surface area (Å²) >= 11 is 12.0. The quantitative estimate of drug-likeness (QED) is 0.669. The number of hydrogen-bond acceptors (Lipinski definition) is 6. The zero-order valence-corrected chi connectivity index (χ0v) is 12.8. The minimum atomic E-state index is 0.128. The Hall–Kier alpha value is -1.99. The highest BCUT2D eigenvalue weighted by Crippen LogP contribution is 2.31. The maximum atomic E-state index is 6.11. The molecule has 0 radical (unpaired) electrons. The number of aryl methyl sites for hydroxylation is 1. The fourth-order valence-electron chi connectivity index (χ4n) is 2.52. The Balaban J connectivity index is 1.63. The number of nitrogens with zero attached hydrogens (tertiary/aromatic N) is 6. The minimum absolute atomic E-state index is 0.128. The third kappa shape index (κ3) is 2.36. The van der Waals surface area contributed by atoms with E-state index in [1.807, 2.05) is 4.57 Å². The van der Waals surface area contributed by atoms with Crippen molar-refractivity contribution in [3.8, 4) is 11.6 Å². The van der Waals surface area contributed by atoms with Crippen LogP contribution in [-0.2, 0) is 13.0 Å². The molecule has 0 saturated heterocycles. The molecule has 4 rings (SSSR count). The van der Waals surface area contributed by atoms with Gasteiger partial charge in [-0.3, -0.25) is 0 Å². The number of pyridine rings is 1. The van der Waals surface area contributed by atoms with Crippen molar-refractivity contribution in [1.29, 1.82) is 0 Å². The summed E-state index contributed by atoms with van der Waals surface area (Å²) in [5.74, 6) is 1.95. The van der Waals surface area contributed by atoms with Crippen LogP contribution in [0.15, 0.2) is 22.9 Å². The van der Waals surface area contributed by atoms with E-state index in [4.69, 9.17) is 27.6 Å². The lowest BCUT2D eigenvalue weighted by atomic mass is 9.99. The highest BCUT2D eigenvalue weighted by molar-refractivity contribution is 6.34. The van der Waals surface area contributed by atoms with Crippen LogP contribution in [0.1, 0.15) is 24.1 Å². The molecule has 0 N–H and O–H groups in total. The molecule has 0 aromatic carbocycles. The van der Waals surface area contributed by atoms with Gasteiger partial charge in [0.2, 0.25) is 5.89 Å². The molecule has 7 nitrogen and oxygen atoms in total. The molecule has 112 valence electrons. The summed E-state index contributed by atoms with van der Waals surface area (Å²) in [7, 11) is 0. The van der Waals surface area contributed by atoms with E-state index in [1.54, 1.807) is 18.5 Å². The van der Waals surface area contributed by atoms with Gasteiger partial charge in [-0.15, -0.1) is 20.4 Å². The molecule has 0 fully saturated rings. The third-order valence-corrected chi connectivity index (χ3v) is 4.15. The van der Waals surface area contributed by atoms with Gasteiger partial charge in [0, 0.05) is 13.0 Å². The van der Waals surface area contributed by atoms with Crippen LogP contribution < -0.4 is 0 Å². The number of halogens is 2. The molecule has 3 aromatic heterocycles. The molecule has 3 aromatic rings. The van der Waals surface area contributed by atoms with Gasteiger partial charge in [-0.2, -0.15) is 0 Å². The normalized spacial score (nSPS) is 17.5. The van der Waals surface area contributed by atoms with E-state index in [1.165, 1.54) is 0 Å². The van der Waals surface area contributed by atoms with Crippen molar-refractivity contribution in [3.05, 3.63) is 40.4 Å². The minimum Gasteiger partial charge on any atom is -0.419 e. The van der Waals surface area contributed by atoms with E-state index >= 15 is 0 Å². The first-order chi connectivity index (χ1) is 10.7. The number of fused-ring (bicyclic) bond motifs is 1. The Labute approximate surface area is 135 Å². The SMILES string of the molecule is Clc1ccc(Cl)c(-c2nnc(C3CCc4nncn4C3)o2)n1. The lowest BCUT2D eigenvalue weighted by Crippen LogP contribution is -2.18. The predicted octanol–water partition coefficient (Wildman–Crippen LogP) is 2.76. The zero-order chi connectivity index (χ0) is 15.1. The van der Waals surface area contributed by atoms with E-state index in [-0.39, 0.29) is 11.8 Å². The Morgan fingerprint density at radius 3 is 3.00 bits per heavy atom. The smallest absolute Gasteiger partial charge is 0.267 e. The predicted molar refractivity (Wildman–Crippen MR) is 78.6 cm³/mol. The van der Waals surface area contributed by atoms with E-state index in [0.717, 1.165) is 25.2 Å². The van der Waals surface area contributed by atoms with Gasteiger partial charge in [0.1, 0.15) is 23.0 Å². The van der Waals surface area contributed by atoms with Crippen molar-refractivity contribution in [2.75, 3.05) is 0 Å². The number of hydrogen-bond donors (Lipinski definition) is 0. The second-order valence-corrected chi connectivity index (χ2v) is 5.84. The summed E-state index contributed by atoms with van der Waals surface area (Å²) in [6.07, 6.45) is 3.43. The van der Waals surface area contributed by atoms with Crippen LogP contribution >= 0.6 is 23.2 Å². The van der Waals surface area contributed by atoms with Gasteiger partial charge in [-0.05, 0) is 18.6 Å². The summed E-state index contributed by atoms with van der Waals surface area (Å²) in [5.41, 5.74) is 0.397. The summed E-state index contributed by atoms with van der Waals surface area (Å²) in [6, 6.07) is 3.26. The van der Waals surface area contributed by atoms with Gasteiger partial charge in [-0.1, -0.05) is 23.2 Å². The Morgan fingerprint density at radius 2 is 2.09 bits per heavy atom. The van der Waals surface area contributed by atoms with Gasteiger partial charge < -0.3 is 8.98 Å². The first-order valence-corrected chi connectivity index (χ1v) is 7.49. The molecule has 22 heavy (non-hydrogen) atoms. The standard InChI is InChI=1S/C13H10Cl2N6O/c14-8-2-3-9(15)17-11(8)13-20-19-12(22-13)7-1-4-10-18-16-6-21(10)5-7/h2-3,6-7H,1,4-5H2. The second kappa shape index (κ2) is 5.33. The van der Waals surface area contributed by atoms with E-state index < -0.39 is 0 Å². The fourth-order valence-corrected chi connectivity index (χ4v) is 2.86. The van der Waals surface area contributed by atoms with Crippen molar-refractivity contribution >= 4 is 23.2 Å². The summed E-state index contributed by atoms with van der Waals surface area (Å²) < 4.78 is 7.76. The largest absolute Gasteiger partial charge is 0.419 e. The first kappa shape index (κ1) is 13.7. The van der Waals surface area contributed by atoms with Crippen LogP contribution in [0.4, 0.5) is 0 Å². The molecule has 0 spiro atoms. The van der Waals surface area contributed by atoms with Gasteiger partial charge in [0.05, 0.1) is 10.9 Å². The highest BCUT2D eigenvalue weighted by Gasteiger charge is 2.26. The van der Waals surface area contributed by atoms with Crippen LogP contribution in [0.25, 0.3) is 11.6 Å². The lowest BCUT2D eigenvalue weighted by molar-refractivity contribution is 0.372. The average Bonchev–Trinajstić information content (AvgIpc) is 3.17. The van der Waals surface area contributed by atoms with Crippen molar-refractivity contribution in [3.63, 3.8) is 0 Å². The maximum Gasteiger partial charge on any atom is 0.267 e. The van der Waals surface area contributed by atoms with E-state index in [2.05, 4.69) is 25.4 Å². The molecular weight excluding hydrogens is 327 g/mol. The highest BCUT2D eigenvalue weighted by atomic mass is 35.5.